The van der Waals surface area contributed by atoms with Crippen molar-refractivity contribution < 1.29 is 17.9 Å². The molecule has 0 atom stereocenters. The highest BCUT2D eigenvalue weighted by molar-refractivity contribution is 9.10. The van der Waals surface area contributed by atoms with Crippen LogP contribution in [0.15, 0.2) is 34.8 Å². The summed E-state index contributed by atoms with van der Waals surface area (Å²) >= 11 is 8.58. The molecule has 0 aromatic heterocycles. The normalized spacial score (nSPS) is 10.7. The van der Waals surface area contributed by atoms with Crippen molar-refractivity contribution in [2.75, 3.05) is 0 Å². The third kappa shape index (κ3) is 3.46. The Labute approximate surface area is 127 Å². The molecular formula is C14H9BrClF3O. The van der Waals surface area contributed by atoms with Gasteiger partial charge < -0.3 is 4.74 Å². The summed E-state index contributed by atoms with van der Waals surface area (Å²) in [7, 11) is 0. The molecule has 0 saturated carbocycles. The van der Waals surface area contributed by atoms with Crippen molar-refractivity contribution in [3.05, 3.63) is 63.4 Å². The summed E-state index contributed by atoms with van der Waals surface area (Å²) in [4.78, 5) is 0. The van der Waals surface area contributed by atoms with Gasteiger partial charge in [0.2, 0.25) is 0 Å². The summed E-state index contributed by atoms with van der Waals surface area (Å²) in [5.41, 5.74) is 0.299. The van der Waals surface area contributed by atoms with Gasteiger partial charge in [0.25, 0.3) is 0 Å². The summed E-state index contributed by atoms with van der Waals surface area (Å²) in [5, 5.41) is 0. The standard InChI is InChI=1S/C14H9BrClF3O/c15-12-1-2-13(18)11(14(12)19)7-20-10-4-8(6-16)3-9(17)5-10/h1-5H,6-7H2. The fourth-order valence-electron chi connectivity index (χ4n) is 1.64. The Hall–Kier alpha value is -1.20. The van der Waals surface area contributed by atoms with E-state index >= 15 is 0 Å². The summed E-state index contributed by atoms with van der Waals surface area (Å²) in [6, 6.07) is 6.30. The molecule has 0 bridgehead atoms. The van der Waals surface area contributed by atoms with Crippen LogP contribution >= 0.6 is 27.5 Å². The molecule has 2 rings (SSSR count). The molecule has 0 radical (unpaired) electrons. The fourth-order valence-corrected chi connectivity index (χ4v) is 2.16. The molecular weight excluding hydrogens is 357 g/mol. The first-order valence-electron chi connectivity index (χ1n) is 5.62. The van der Waals surface area contributed by atoms with Crippen LogP contribution in [0.25, 0.3) is 0 Å². The quantitative estimate of drug-likeness (QED) is 0.535. The molecule has 0 unspecified atom stereocenters. The number of hydrogen-bond acceptors (Lipinski definition) is 1. The van der Waals surface area contributed by atoms with Crippen LogP contribution in [0.3, 0.4) is 0 Å². The molecule has 20 heavy (non-hydrogen) atoms. The second-order valence-electron chi connectivity index (χ2n) is 4.04. The van der Waals surface area contributed by atoms with Crippen molar-refractivity contribution in [1.82, 2.24) is 0 Å². The Morgan fingerprint density at radius 2 is 1.85 bits per heavy atom. The minimum Gasteiger partial charge on any atom is -0.489 e. The average Bonchev–Trinajstić information content (AvgIpc) is 2.42. The van der Waals surface area contributed by atoms with E-state index in [0.717, 1.165) is 12.1 Å². The van der Waals surface area contributed by atoms with E-state index in [1.165, 1.54) is 18.2 Å². The molecule has 0 spiro atoms. The van der Waals surface area contributed by atoms with E-state index in [0.29, 0.717) is 5.56 Å². The smallest absolute Gasteiger partial charge is 0.146 e. The van der Waals surface area contributed by atoms with Crippen LogP contribution < -0.4 is 4.74 Å². The van der Waals surface area contributed by atoms with Gasteiger partial charge in [-0.1, -0.05) is 0 Å². The first-order chi connectivity index (χ1) is 9.51. The SMILES string of the molecule is Fc1cc(CCl)cc(OCc2c(F)ccc(Br)c2F)c1. The zero-order chi connectivity index (χ0) is 14.7. The van der Waals surface area contributed by atoms with E-state index in [9.17, 15) is 13.2 Å². The predicted octanol–water partition coefficient (Wildman–Crippen LogP) is 5.18. The number of rotatable bonds is 4. The Morgan fingerprint density at radius 3 is 2.55 bits per heavy atom. The van der Waals surface area contributed by atoms with E-state index in [1.807, 2.05) is 0 Å². The molecule has 0 amide bonds. The highest BCUT2D eigenvalue weighted by atomic mass is 79.9. The van der Waals surface area contributed by atoms with E-state index in [-0.39, 0.29) is 28.3 Å². The number of hydrogen-bond donors (Lipinski definition) is 0. The van der Waals surface area contributed by atoms with Crippen LogP contribution in [-0.2, 0) is 12.5 Å². The Bertz CT molecular complexity index is 634. The largest absolute Gasteiger partial charge is 0.489 e. The van der Waals surface area contributed by atoms with E-state index in [1.54, 1.807) is 0 Å². The van der Waals surface area contributed by atoms with E-state index in [2.05, 4.69) is 15.9 Å². The second kappa shape index (κ2) is 6.50. The first kappa shape index (κ1) is 15.2. The van der Waals surface area contributed by atoms with E-state index in [4.69, 9.17) is 16.3 Å². The lowest BCUT2D eigenvalue weighted by Crippen LogP contribution is -2.03. The van der Waals surface area contributed by atoms with Crippen molar-refractivity contribution in [3.8, 4) is 5.75 Å². The van der Waals surface area contributed by atoms with Crippen LogP contribution in [0.4, 0.5) is 13.2 Å². The fraction of sp³-hybridized carbons (Fsp3) is 0.143. The van der Waals surface area contributed by atoms with Crippen LogP contribution in [0, 0.1) is 17.5 Å². The van der Waals surface area contributed by atoms with Crippen molar-refractivity contribution in [1.29, 1.82) is 0 Å². The Morgan fingerprint density at radius 1 is 1.10 bits per heavy atom. The summed E-state index contributed by atoms with van der Waals surface area (Å²) in [6.45, 7) is -0.345. The zero-order valence-electron chi connectivity index (χ0n) is 10.1. The molecule has 1 nitrogen and oxygen atoms in total. The van der Waals surface area contributed by atoms with Gasteiger partial charge in [-0.15, -0.1) is 11.6 Å². The van der Waals surface area contributed by atoms with Gasteiger partial charge in [-0.05, 0) is 45.8 Å². The second-order valence-corrected chi connectivity index (χ2v) is 5.16. The number of benzene rings is 2. The number of alkyl halides is 1. The van der Waals surface area contributed by atoms with Crippen LogP contribution in [0.1, 0.15) is 11.1 Å². The van der Waals surface area contributed by atoms with Gasteiger partial charge in [-0.2, -0.15) is 0 Å². The van der Waals surface area contributed by atoms with Crippen molar-refractivity contribution >= 4 is 27.5 Å². The van der Waals surface area contributed by atoms with E-state index < -0.39 is 17.5 Å². The summed E-state index contributed by atoms with van der Waals surface area (Å²) < 4.78 is 45.9. The summed E-state index contributed by atoms with van der Waals surface area (Å²) in [5.74, 6) is -1.69. The third-order valence-corrected chi connectivity index (χ3v) is 3.53. The lowest BCUT2D eigenvalue weighted by molar-refractivity contribution is 0.290. The topological polar surface area (TPSA) is 9.23 Å². The van der Waals surface area contributed by atoms with Crippen LogP contribution in [0.2, 0.25) is 0 Å². The molecule has 2 aromatic rings. The lowest BCUT2D eigenvalue weighted by Gasteiger charge is -2.10. The molecule has 2 aromatic carbocycles. The highest BCUT2D eigenvalue weighted by Gasteiger charge is 2.13. The van der Waals surface area contributed by atoms with Crippen molar-refractivity contribution in [2.45, 2.75) is 12.5 Å². The number of halogens is 5. The first-order valence-corrected chi connectivity index (χ1v) is 6.94. The van der Waals surface area contributed by atoms with Crippen molar-refractivity contribution in [2.24, 2.45) is 0 Å². The maximum absolute atomic E-state index is 13.7. The van der Waals surface area contributed by atoms with Gasteiger partial charge in [-0.3, -0.25) is 0 Å². The van der Waals surface area contributed by atoms with Gasteiger partial charge in [-0.25, -0.2) is 13.2 Å². The minimum atomic E-state index is -0.737. The summed E-state index contributed by atoms with van der Waals surface area (Å²) in [6.07, 6.45) is 0. The molecule has 106 valence electrons. The predicted molar refractivity (Wildman–Crippen MR) is 74.3 cm³/mol. The van der Waals surface area contributed by atoms with Crippen LogP contribution in [0.5, 0.6) is 5.75 Å². The van der Waals surface area contributed by atoms with Crippen LogP contribution in [-0.4, -0.2) is 0 Å². The monoisotopic (exact) mass is 364 g/mol. The van der Waals surface area contributed by atoms with Gasteiger partial charge >= 0.3 is 0 Å². The van der Waals surface area contributed by atoms with Gasteiger partial charge in [0, 0.05) is 11.9 Å². The molecule has 0 saturated heterocycles. The van der Waals surface area contributed by atoms with Crippen molar-refractivity contribution in [3.63, 3.8) is 0 Å². The molecule has 0 aliphatic carbocycles. The minimum absolute atomic E-state index is 0.119. The lowest BCUT2D eigenvalue weighted by atomic mass is 10.2. The molecule has 0 aliphatic heterocycles. The highest BCUT2D eigenvalue weighted by Crippen LogP contribution is 2.24. The Kier molecular flexibility index (Phi) is 4.94. The zero-order valence-corrected chi connectivity index (χ0v) is 12.4. The Balaban J connectivity index is 2.21. The molecule has 6 heteroatoms. The van der Waals surface area contributed by atoms with Gasteiger partial charge in [0.1, 0.15) is 29.8 Å². The average molecular weight is 366 g/mol. The maximum Gasteiger partial charge on any atom is 0.146 e. The maximum atomic E-state index is 13.7. The third-order valence-electron chi connectivity index (χ3n) is 2.61. The number of ether oxygens (including phenoxy) is 1. The molecule has 0 aliphatic rings. The van der Waals surface area contributed by atoms with Gasteiger partial charge in [0.15, 0.2) is 0 Å². The molecule has 0 heterocycles. The molecule has 0 N–H and O–H groups in total. The van der Waals surface area contributed by atoms with Gasteiger partial charge in [0.05, 0.1) is 10.0 Å². The molecule has 0 fully saturated rings.